The minimum absolute atomic E-state index is 0.286. The average molecular weight is 234 g/mol. The van der Waals surface area contributed by atoms with Crippen LogP contribution in [0, 0.1) is 0 Å². The Morgan fingerprint density at radius 2 is 1.65 bits per heavy atom. The van der Waals surface area contributed by atoms with Gasteiger partial charge >= 0.3 is 0 Å². The van der Waals surface area contributed by atoms with E-state index in [1.807, 2.05) is 0 Å². The minimum atomic E-state index is 0.286. The average Bonchev–Trinajstić information content (AvgIpc) is 2.63. The van der Waals surface area contributed by atoms with Crippen molar-refractivity contribution in [2.75, 3.05) is 6.54 Å². The molecule has 1 saturated heterocycles. The highest BCUT2D eigenvalue weighted by Gasteiger charge is 2.43. The van der Waals surface area contributed by atoms with Gasteiger partial charge in [0.15, 0.2) is 0 Å². The predicted octanol–water partition coefficient (Wildman–Crippen LogP) is 3.70. The molecule has 0 aromatic rings. The van der Waals surface area contributed by atoms with E-state index < -0.39 is 0 Å². The zero-order valence-corrected chi connectivity index (χ0v) is 11.6. The van der Waals surface area contributed by atoms with E-state index in [1.165, 1.54) is 51.5 Å². The second-order valence-corrected chi connectivity index (χ2v) is 6.81. The minimum Gasteiger partial charge on any atom is -0.353 e. The van der Waals surface area contributed by atoms with E-state index in [1.54, 1.807) is 11.4 Å². The highest BCUT2D eigenvalue weighted by atomic mass is 15.4. The standard InChI is InChI=1S/C15H26N2/c1-15(2,3)17-13-9-5-4-8-12(13)16-11-7-6-10-14(16)17/h14H,4-11H2,1-3H3. The van der Waals surface area contributed by atoms with Gasteiger partial charge < -0.3 is 9.80 Å². The Hall–Kier alpha value is -0.660. The molecule has 2 aliphatic heterocycles. The summed E-state index contributed by atoms with van der Waals surface area (Å²) in [5, 5.41) is 0. The van der Waals surface area contributed by atoms with Gasteiger partial charge in [-0.25, -0.2) is 0 Å². The van der Waals surface area contributed by atoms with E-state index in [-0.39, 0.29) is 5.54 Å². The number of allylic oxidation sites excluding steroid dienone is 2. The molecule has 0 spiro atoms. The van der Waals surface area contributed by atoms with E-state index in [2.05, 4.69) is 30.6 Å². The lowest BCUT2D eigenvalue weighted by atomic mass is 9.97. The smallest absolute Gasteiger partial charge is 0.102 e. The van der Waals surface area contributed by atoms with Gasteiger partial charge in [0.2, 0.25) is 0 Å². The maximum Gasteiger partial charge on any atom is 0.102 e. The molecule has 3 aliphatic rings. The van der Waals surface area contributed by atoms with Gasteiger partial charge in [-0.2, -0.15) is 0 Å². The van der Waals surface area contributed by atoms with Crippen molar-refractivity contribution in [3.63, 3.8) is 0 Å². The number of hydrogen-bond acceptors (Lipinski definition) is 2. The molecule has 2 nitrogen and oxygen atoms in total. The summed E-state index contributed by atoms with van der Waals surface area (Å²) >= 11 is 0. The summed E-state index contributed by atoms with van der Waals surface area (Å²) in [6, 6.07) is 0. The Morgan fingerprint density at radius 1 is 0.941 bits per heavy atom. The Balaban J connectivity index is 1.98. The van der Waals surface area contributed by atoms with Crippen molar-refractivity contribution in [2.45, 2.75) is 77.4 Å². The first-order valence-electron chi connectivity index (χ1n) is 7.37. The lowest BCUT2D eigenvalue weighted by molar-refractivity contribution is 0.0390. The topological polar surface area (TPSA) is 6.48 Å². The summed E-state index contributed by atoms with van der Waals surface area (Å²) in [5.74, 6) is 0. The first-order valence-corrected chi connectivity index (χ1v) is 7.37. The second kappa shape index (κ2) is 3.93. The summed E-state index contributed by atoms with van der Waals surface area (Å²) in [7, 11) is 0. The molecule has 17 heavy (non-hydrogen) atoms. The fourth-order valence-corrected chi connectivity index (χ4v) is 3.97. The molecule has 0 aromatic heterocycles. The van der Waals surface area contributed by atoms with Gasteiger partial charge in [-0.15, -0.1) is 0 Å². The molecular formula is C15H26N2. The SMILES string of the molecule is CC(C)(C)N1C2=C(CCCC2)N2CCCCC21. The molecule has 0 saturated carbocycles. The van der Waals surface area contributed by atoms with Crippen LogP contribution in [-0.2, 0) is 0 Å². The Bertz CT molecular complexity index is 337. The van der Waals surface area contributed by atoms with E-state index >= 15 is 0 Å². The van der Waals surface area contributed by atoms with Crippen LogP contribution >= 0.6 is 0 Å². The monoisotopic (exact) mass is 234 g/mol. The Morgan fingerprint density at radius 3 is 2.35 bits per heavy atom. The van der Waals surface area contributed by atoms with Crippen LogP contribution in [0.3, 0.4) is 0 Å². The summed E-state index contributed by atoms with van der Waals surface area (Å²) < 4.78 is 0. The molecule has 0 bridgehead atoms. The molecule has 1 aliphatic carbocycles. The molecule has 3 rings (SSSR count). The third-order valence-electron chi connectivity index (χ3n) is 4.54. The number of nitrogens with zero attached hydrogens (tertiary/aromatic N) is 2. The van der Waals surface area contributed by atoms with E-state index in [4.69, 9.17) is 0 Å². The second-order valence-electron chi connectivity index (χ2n) is 6.81. The molecule has 2 heteroatoms. The van der Waals surface area contributed by atoms with Gasteiger partial charge in [-0.1, -0.05) is 0 Å². The molecule has 1 atom stereocenters. The third-order valence-corrected chi connectivity index (χ3v) is 4.54. The number of fused-ring (bicyclic) bond motifs is 2. The van der Waals surface area contributed by atoms with Crippen LogP contribution in [0.15, 0.2) is 11.4 Å². The summed E-state index contributed by atoms with van der Waals surface area (Å²) in [4.78, 5) is 5.49. The van der Waals surface area contributed by atoms with Crippen LogP contribution < -0.4 is 0 Å². The maximum absolute atomic E-state index is 2.75. The van der Waals surface area contributed by atoms with Crippen molar-refractivity contribution in [1.29, 1.82) is 0 Å². The van der Waals surface area contributed by atoms with E-state index in [0.717, 1.165) is 0 Å². The molecular weight excluding hydrogens is 208 g/mol. The number of hydrogen-bond donors (Lipinski definition) is 0. The lowest BCUT2D eigenvalue weighted by Crippen LogP contribution is -2.50. The summed E-state index contributed by atoms with van der Waals surface area (Å²) in [5.41, 5.74) is 3.68. The van der Waals surface area contributed by atoms with Gasteiger partial charge in [0.1, 0.15) is 6.17 Å². The molecule has 0 N–H and O–H groups in total. The van der Waals surface area contributed by atoms with E-state index in [9.17, 15) is 0 Å². The molecule has 0 amide bonds. The molecule has 1 fully saturated rings. The van der Waals surface area contributed by atoms with Gasteiger partial charge in [0.05, 0.1) is 0 Å². The maximum atomic E-state index is 2.75. The van der Waals surface area contributed by atoms with Crippen molar-refractivity contribution < 1.29 is 0 Å². The number of rotatable bonds is 0. The molecule has 0 aromatic carbocycles. The first-order chi connectivity index (χ1) is 8.09. The summed E-state index contributed by atoms with van der Waals surface area (Å²) in [6.45, 7) is 8.44. The predicted molar refractivity (Wildman–Crippen MR) is 71.4 cm³/mol. The van der Waals surface area contributed by atoms with Crippen LogP contribution in [-0.4, -0.2) is 28.0 Å². The van der Waals surface area contributed by atoms with E-state index in [0.29, 0.717) is 6.17 Å². The van der Waals surface area contributed by atoms with Crippen molar-refractivity contribution in [1.82, 2.24) is 9.80 Å². The third kappa shape index (κ3) is 1.76. The quantitative estimate of drug-likeness (QED) is 0.630. The fourth-order valence-electron chi connectivity index (χ4n) is 3.97. The Kier molecular flexibility index (Phi) is 2.64. The molecule has 0 radical (unpaired) electrons. The van der Waals surface area contributed by atoms with Gasteiger partial charge in [-0.3, -0.25) is 0 Å². The molecule has 96 valence electrons. The Labute approximate surface area is 106 Å². The van der Waals surface area contributed by atoms with Crippen molar-refractivity contribution >= 4 is 0 Å². The zero-order chi connectivity index (χ0) is 12.0. The lowest BCUT2D eigenvalue weighted by Gasteiger charge is -2.45. The van der Waals surface area contributed by atoms with Gasteiger partial charge in [0, 0.05) is 23.5 Å². The highest BCUT2D eigenvalue weighted by molar-refractivity contribution is 5.25. The van der Waals surface area contributed by atoms with Crippen LogP contribution in [0.5, 0.6) is 0 Å². The van der Waals surface area contributed by atoms with Gasteiger partial charge in [-0.05, 0) is 65.7 Å². The summed E-state index contributed by atoms with van der Waals surface area (Å²) in [6.07, 6.45) is 10.3. The fraction of sp³-hybridized carbons (Fsp3) is 0.867. The molecule has 1 unspecified atom stereocenters. The highest BCUT2D eigenvalue weighted by Crippen LogP contribution is 2.45. The van der Waals surface area contributed by atoms with Crippen LogP contribution in [0.25, 0.3) is 0 Å². The van der Waals surface area contributed by atoms with Crippen LogP contribution in [0.2, 0.25) is 0 Å². The van der Waals surface area contributed by atoms with Crippen LogP contribution in [0.1, 0.15) is 65.7 Å². The van der Waals surface area contributed by atoms with Crippen molar-refractivity contribution in [3.05, 3.63) is 11.4 Å². The van der Waals surface area contributed by atoms with Crippen molar-refractivity contribution in [2.24, 2.45) is 0 Å². The van der Waals surface area contributed by atoms with Gasteiger partial charge in [0.25, 0.3) is 0 Å². The van der Waals surface area contributed by atoms with Crippen LogP contribution in [0.4, 0.5) is 0 Å². The normalized spacial score (nSPS) is 29.5. The molecule has 2 heterocycles. The number of piperidine rings is 1. The van der Waals surface area contributed by atoms with Crippen molar-refractivity contribution in [3.8, 4) is 0 Å². The zero-order valence-electron chi connectivity index (χ0n) is 11.6. The largest absolute Gasteiger partial charge is 0.353 e. The first kappa shape index (κ1) is 11.4.